The van der Waals surface area contributed by atoms with Gasteiger partial charge in [0, 0.05) is 26.7 Å². The normalized spacial score (nSPS) is 16.3. The number of halogens is 3. The summed E-state index contributed by atoms with van der Waals surface area (Å²) in [4.78, 5) is 33.8. The lowest BCUT2D eigenvalue weighted by Crippen LogP contribution is -2.56. The standard InChI is InChI=1S/C28H25BrF2N4O4/c1-33-21-10-11-22(29)32-24(21)26(23(27(33)37)28(38)39)35-13-12-34(14-20(35)15-36)25(16-2-6-18(30)7-3-16)17-4-8-19(31)9-5-17/h2-11,20,25,36H,12-15H2,1H3,(H,38,39)/t20-/m0/s1. The number of carbonyl (C=O) groups is 1. The van der Waals surface area contributed by atoms with Crippen molar-refractivity contribution in [1.82, 2.24) is 14.5 Å². The van der Waals surface area contributed by atoms with Gasteiger partial charge in [0.25, 0.3) is 5.56 Å². The number of piperazine rings is 1. The molecule has 3 heterocycles. The molecule has 5 rings (SSSR count). The molecule has 11 heteroatoms. The Hall–Kier alpha value is -3.67. The highest BCUT2D eigenvalue weighted by molar-refractivity contribution is 9.10. The SMILES string of the molecule is Cn1c(=O)c(C(=O)O)c(N2CCN(C(c3ccc(F)cc3)c3ccc(F)cc3)C[C@H]2CO)c2nc(Br)ccc21. The summed E-state index contributed by atoms with van der Waals surface area (Å²) < 4.78 is 29.2. The number of aromatic nitrogens is 2. The number of aliphatic hydroxyl groups excluding tert-OH is 1. The Bertz CT molecular complexity index is 1550. The number of aromatic carboxylic acids is 1. The van der Waals surface area contributed by atoms with Crippen LogP contribution >= 0.6 is 15.9 Å². The number of carboxylic acids is 1. The maximum Gasteiger partial charge on any atom is 0.343 e. The van der Waals surface area contributed by atoms with Crippen molar-refractivity contribution in [3.05, 3.63) is 104 Å². The second kappa shape index (κ2) is 10.8. The average molecular weight is 599 g/mol. The number of anilines is 1. The Morgan fingerprint density at radius 3 is 2.15 bits per heavy atom. The molecule has 1 fully saturated rings. The van der Waals surface area contributed by atoms with Crippen LogP contribution in [-0.4, -0.2) is 62.9 Å². The topological polar surface area (TPSA) is 98.9 Å². The summed E-state index contributed by atoms with van der Waals surface area (Å²) in [5.74, 6) is -2.15. The monoisotopic (exact) mass is 598 g/mol. The molecule has 0 spiro atoms. The maximum absolute atomic E-state index is 13.7. The first-order chi connectivity index (χ1) is 18.7. The maximum atomic E-state index is 13.7. The van der Waals surface area contributed by atoms with E-state index in [1.165, 1.54) is 35.9 Å². The summed E-state index contributed by atoms with van der Waals surface area (Å²) >= 11 is 3.34. The van der Waals surface area contributed by atoms with Crippen LogP contribution in [0, 0.1) is 11.6 Å². The van der Waals surface area contributed by atoms with Crippen molar-refractivity contribution in [2.45, 2.75) is 12.1 Å². The molecule has 0 radical (unpaired) electrons. The Labute approximate surface area is 230 Å². The van der Waals surface area contributed by atoms with E-state index in [4.69, 9.17) is 0 Å². The molecule has 2 aromatic carbocycles. The third-order valence-corrected chi connectivity index (χ3v) is 7.59. The minimum absolute atomic E-state index is 0.153. The number of hydrogen-bond acceptors (Lipinski definition) is 6. The minimum Gasteiger partial charge on any atom is -0.477 e. The lowest BCUT2D eigenvalue weighted by Gasteiger charge is -2.45. The Balaban J connectivity index is 1.60. The summed E-state index contributed by atoms with van der Waals surface area (Å²) in [6.07, 6.45) is 0. The lowest BCUT2D eigenvalue weighted by molar-refractivity contribution is 0.0694. The van der Waals surface area contributed by atoms with Gasteiger partial charge in [0.2, 0.25) is 0 Å². The van der Waals surface area contributed by atoms with Gasteiger partial charge >= 0.3 is 5.97 Å². The molecule has 1 aliphatic heterocycles. The van der Waals surface area contributed by atoms with Gasteiger partial charge in [-0.25, -0.2) is 18.6 Å². The fraction of sp³-hybridized carbons (Fsp3) is 0.250. The number of hydrogen-bond donors (Lipinski definition) is 2. The fourth-order valence-corrected chi connectivity index (χ4v) is 5.62. The molecule has 39 heavy (non-hydrogen) atoms. The van der Waals surface area contributed by atoms with Crippen LogP contribution in [0.3, 0.4) is 0 Å². The Morgan fingerprint density at radius 1 is 1.03 bits per heavy atom. The number of fused-ring (bicyclic) bond motifs is 1. The van der Waals surface area contributed by atoms with E-state index >= 15 is 0 Å². The van der Waals surface area contributed by atoms with Crippen LogP contribution < -0.4 is 10.5 Å². The predicted octanol–water partition coefficient (Wildman–Crippen LogP) is 3.94. The summed E-state index contributed by atoms with van der Waals surface area (Å²) in [6, 6.07) is 14.5. The predicted molar refractivity (Wildman–Crippen MR) is 146 cm³/mol. The average Bonchev–Trinajstić information content (AvgIpc) is 2.92. The zero-order chi connectivity index (χ0) is 27.8. The van der Waals surface area contributed by atoms with E-state index in [0.29, 0.717) is 22.2 Å². The highest BCUT2D eigenvalue weighted by Gasteiger charge is 2.36. The van der Waals surface area contributed by atoms with Crippen LogP contribution in [0.5, 0.6) is 0 Å². The lowest BCUT2D eigenvalue weighted by atomic mass is 9.95. The van der Waals surface area contributed by atoms with Crippen molar-refractivity contribution in [2.75, 3.05) is 31.1 Å². The first kappa shape index (κ1) is 26.9. The highest BCUT2D eigenvalue weighted by atomic mass is 79.9. The Morgan fingerprint density at radius 2 is 1.62 bits per heavy atom. The fourth-order valence-electron chi connectivity index (χ4n) is 5.31. The van der Waals surface area contributed by atoms with Crippen molar-refractivity contribution in [1.29, 1.82) is 0 Å². The molecule has 1 aliphatic rings. The number of aliphatic hydroxyl groups is 1. The number of aryl methyl sites for hydroxylation is 1. The van der Waals surface area contributed by atoms with Crippen molar-refractivity contribution < 1.29 is 23.8 Å². The largest absolute Gasteiger partial charge is 0.477 e. The van der Waals surface area contributed by atoms with Gasteiger partial charge in [-0.05, 0) is 63.5 Å². The van der Waals surface area contributed by atoms with E-state index in [9.17, 15) is 28.6 Å². The summed E-state index contributed by atoms with van der Waals surface area (Å²) in [5.41, 5.74) is 1.40. The first-order valence-corrected chi connectivity index (χ1v) is 13.0. The zero-order valence-corrected chi connectivity index (χ0v) is 22.5. The molecule has 202 valence electrons. The molecule has 2 N–H and O–H groups in total. The number of carboxylic acid groups (broad SMARTS) is 1. The number of pyridine rings is 2. The zero-order valence-electron chi connectivity index (χ0n) is 20.9. The van der Waals surface area contributed by atoms with Crippen LogP contribution in [0.4, 0.5) is 14.5 Å². The van der Waals surface area contributed by atoms with Crippen molar-refractivity contribution in [3.63, 3.8) is 0 Å². The minimum atomic E-state index is -1.39. The van der Waals surface area contributed by atoms with Gasteiger partial charge in [-0.15, -0.1) is 0 Å². The van der Waals surface area contributed by atoms with Crippen LogP contribution in [-0.2, 0) is 7.05 Å². The Kier molecular flexibility index (Phi) is 7.48. The van der Waals surface area contributed by atoms with E-state index in [1.807, 2.05) is 0 Å². The molecule has 0 aliphatic carbocycles. The molecule has 2 aromatic heterocycles. The smallest absolute Gasteiger partial charge is 0.343 e. The highest BCUT2D eigenvalue weighted by Crippen LogP contribution is 2.35. The molecule has 4 aromatic rings. The molecule has 8 nitrogen and oxygen atoms in total. The first-order valence-electron chi connectivity index (χ1n) is 12.2. The van der Waals surface area contributed by atoms with E-state index in [0.717, 1.165) is 11.1 Å². The van der Waals surface area contributed by atoms with Crippen molar-refractivity contribution in [2.24, 2.45) is 7.05 Å². The van der Waals surface area contributed by atoms with Gasteiger partial charge in [0.15, 0.2) is 5.56 Å². The molecule has 0 unspecified atom stereocenters. The summed E-state index contributed by atoms with van der Waals surface area (Å²) in [7, 11) is 1.49. The number of rotatable bonds is 6. The molecule has 0 amide bonds. The van der Waals surface area contributed by atoms with Gasteiger partial charge in [0.05, 0.1) is 29.9 Å². The second-order valence-corrected chi connectivity index (χ2v) is 10.2. The number of benzene rings is 2. The van der Waals surface area contributed by atoms with Crippen LogP contribution in [0.2, 0.25) is 0 Å². The molecule has 0 saturated carbocycles. The van der Waals surface area contributed by atoms with Gasteiger partial charge in [0.1, 0.15) is 21.8 Å². The van der Waals surface area contributed by atoms with Gasteiger partial charge < -0.3 is 19.7 Å². The van der Waals surface area contributed by atoms with Crippen molar-refractivity contribution in [3.8, 4) is 0 Å². The molecular formula is C28H25BrF2N4O4. The van der Waals surface area contributed by atoms with Gasteiger partial charge in [-0.2, -0.15) is 0 Å². The summed E-state index contributed by atoms with van der Waals surface area (Å²) in [6.45, 7) is 0.611. The number of nitrogens with zero attached hydrogens (tertiary/aromatic N) is 4. The third kappa shape index (κ3) is 5.05. The van der Waals surface area contributed by atoms with Crippen LogP contribution in [0.15, 0.2) is 70.1 Å². The molecule has 1 saturated heterocycles. The van der Waals surface area contributed by atoms with E-state index in [-0.39, 0.29) is 43.1 Å². The van der Waals surface area contributed by atoms with E-state index in [1.54, 1.807) is 41.3 Å². The second-order valence-electron chi connectivity index (χ2n) is 9.43. The third-order valence-electron chi connectivity index (χ3n) is 7.14. The van der Waals surface area contributed by atoms with Crippen LogP contribution in [0.25, 0.3) is 11.0 Å². The van der Waals surface area contributed by atoms with Crippen molar-refractivity contribution >= 4 is 38.6 Å². The molecule has 1 atom stereocenters. The quantitative estimate of drug-likeness (QED) is 0.324. The van der Waals surface area contributed by atoms with E-state index < -0.39 is 23.1 Å². The summed E-state index contributed by atoms with van der Waals surface area (Å²) in [5, 5.41) is 20.5. The van der Waals surface area contributed by atoms with Gasteiger partial charge in [-0.1, -0.05) is 24.3 Å². The molecular weight excluding hydrogens is 574 g/mol. The van der Waals surface area contributed by atoms with Gasteiger partial charge in [-0.3, -0.25) is 9.69 Å². The van der Waals surface area contributed by atoms with Crippen LogP contribution in [0.1, 0.15) is 27.5 Å². The molecule has 0 bridgehead atoms. The van der Waals surface area contributed by atoms with E-state index in [2.05, 4.69) is 25.8 Å².